The zero-order valence-electron chi connectivity index (χ0n) is 16.6. The van der Waals surface area contributed by atoms with Crippen molar-refractivity contribution in [2.45, 2.75) is 0 Å². The number of nitriles is 1. The smallest absolute Gasteiger partial charge is 0.247 e. The number of halogens is 1. The van der Waals surface area contributed by atoms with Gasteiger partial charge in [0.1, 0.15) is 5.65 Å². The predicted molar refractivity (Wildman–Crippen MR) is 117 cm³/mol. The molecule has 0 aliphatic carbocycles. The Morgan fingerprint density at radius 2 is 2.10 bits per heavy atom. The first-order valence-electron chi connectivity index (χ1n) is 9.33. The van der Waals surface area contributed by atoms with Gasteiger partial charge in [0.05, 0.1) is 24.4 Å². The van der Waals surface area contributed by atoms with E-state index >= 15 is 0 Å². The van der Waals surface area contributed by atoms with Gasteiger partial charge in [-0.3, -0.25) is 4.79 Å². The fraction of sp³-hybridized carbons (Fsp3) is 0.0417. The summed E-state index contributed by atoms with van der Waals surface area (Å²) in [4.78, 5) is 19.3. The van der Waals surface area contributed by atoms with Crippen LogP contribution in [0.1, 0.15) is 5.56 Å². The number of nitrogens with one attached hydrogen (secondary N) is 2. The molecule has 0 bridgehead atoms. The van der Waals surface area contributed by atoms with Gasteiger partial charge in [-0.25, -0.2) is 9.37 Å². The number of hydrogen-bond donors (Lipinski definition) is 2. The van der Waals surface area contributed by atoms with Crippen LogP contribution in [0.4, 0.5) is 10.1 Å². The van der Waals surface area contributed by atoms with Crippen molar-refractivity contribution < 1.29 is 13.9 Å². The number of ether oxygens (including phenoxy) is 1. The van der Waals surface area contributed by atoms with E-state index in [2.05, 4.69) is 27.9 Å². The zero-order chi connectivity index (χ0) is 22.0. The number of fused-ring (bicyclic) bond motifs is 1. The summed E-state index contributed by atoms with van der Waals surface area (Å²) in [5.41, 5.74) is 4.30. The molecular formula is C24H17FN4O2. The van der Waals surface area contributed by atoms with E-state index in [0.717, 1.165) is 22.6 Å². The summed E-state index contributed by atoms with van der Waals surface area (Å²) in [5, 5.41) is 12.5. The Balaban J connectivity index is 1.85. The third-order valence-electron chi connectivity index (χ3n) is 4.87. The Kier molecular flexibility index (Phi) is 5.21. The van der Waals surface area contributed by atoms with Crippen LogP contribution in [0, 0.1) is 17.1 Å². The summed E-state index contributed by atoms with van der Waals surface area (Å²) in [6.07, 6.45) is 4.55. The van der Waals surface area contributed by atoms with Gasteiger partial charge >= 0.3 is 0 Å². The number of aromatic nitrogens is 2. The third-order valence-corrected chi connectivity index (χ3v) is 4.87. The lowest BCUT2D eigenvalue weighted by Crippen LogP contribution is -2.09. The third kappa shape index (κ3) is 3.74. The second-order valence-electron chi connectivity index (χ2n) is 6.75. The molecule has 0 spiro atoms. The highest BCUT2D eigenvalue weighted by Gasteiger charge is 2.16. The number of hydrogen-bond acceptors (Lipinski definition) is 4. The van der Waals surface area contributed by atoms with Crippen LogP contribution in [0.15, 0.2) is 67.5 Å². The molecule has 2 heterocycles. The maximum atomic E-state index is 14.6. The second-order valence-corrected chi connectivity index (χ2v) is 6.75. The minimum Gasteiger partial charge on any atom is -0.494 e. The first-order valence-corrected chi connectivity index (χ1v) is 9.33. The Morgan fingerprint density at radius 3 is 2.84 bits per heavy atom. The van der Waals surface area contributed by atoms with Crippen molar-refractivity contribution in [2.75, 3.05) is 12.4 Å². The molecule has 0 atom stereocenters. The second kappa shape index (κ2) is 8.13. The highest BCUT2D eigenvalue weighted by molar-refractivity contribution is 6.00. The van der Waals surface area contributed by atoms with Crippen LogP contribution in [-0.4, -0.2) is 23.0 Å². The molecule has 0 saturated carbocycles. The van der Waals surface area contributed by atoms with Gasteiger partial charge in [0, 0.05) is 28.9 Å². The van der Waals surface area contributed by atoms with Crippen LogP contribution in [0.5, 0.6) is 5.75 Å². The van der Waals surface area contributed by atoms with Crippen LogP contribution in [0.25, 0.3) is 33.3 Å². The van der Waals surface area contributed by atoms with Gasteiger partial charge in [-0.05, 0) is 47.5 Å². The van der Waals surface area contributed by atoms with Crippen molar-refractivity contribution in [1.82, 2.24) is 9.97 Å². The van der Waals surface area contributed by atoms with Crippen molar-refractivity contribution >= 4 is 22.6 Å². The minimum atomic E-state index is -0.675. The highest BCUT2D eigenvalue weighted by atomic mass is 19.1. The fourth-order valence-electron chi connectivity index (χ4n) is 3.34. The number of H-pyrrole nitrogens is 1. The van der Waals surface area contributed by atoms with Gasteiger partial charge in [-0.15, -0.1) is 0 Å². The number of pyridine rings is 1. The van der Waals surface area contributed by atoms with E-state index in [0.29, 0.717) is 22.3 Å². The minimum absolute atomic E-state index is 0.00651. The highest BCUT2D eigenvalue weighted by Crippen LogP contribution is 2.35. The van der Waals surface area contributed by atoms with E-state index in [1.165, 1.54) is 13.2 Å². The molecule has 1 amide bonds. The number of rotatable bonds is 5. The van der Waals surface area contributed by atoms with E-state index in [1.807, 2.05) is 24.4 Å². The van der Waals surface area contributed by atoms with Gasteiger partial charge in [-0.2, -0.15) is 5.26 Å². The molecule has 152 valence electrons. The van der Waals surface area contributed by atoms with Crippen molar-refractivity contribution in [2.24, 2.45) is 0 Å². The fourth-order valence-corrected chi connectivity index (χ4v) is 3.34. The van der Waals surface area contributed by atoms with Crippen molar-refractivity contribution in [3.8, 4) is 34.1 Å². The number of carbonyl (C=O) groups excluding carboxylic acids is 1. The summed E-state index contributed by atoms with van der Waals surface area (Å²) in [6.45, 7) is 3.39. The zero-order valence-corrected chi connectivity index (χ0v) is 16.6. The summed E-state index contributed by atoms with van der Waals surface area (Å²) in [5.74, 6) is -1.21. The lowest BCUT2D eigenvalue weighted by molar-refractivity contribution is -0.111. The molecule has 2 aromatic heterocycles. The largest absolute Gasteiger partial charge is 0.494 e. The molecule has 4 rings (SSSR count). The number of anilines is 1. The lowest BCUT2D eigenvalue weighted by Gasteiger charge is -2.12. The average molecular weight is 412 g/mol. The molecule has 0 unspecified atom stereocenters. The molecule has 7 heteroatoms. The molecular weight excluding hydrogens is 395 g/mol. The molecule has 2 aromatic carbocycles. The van der Waals surface area contributed by atoms with E-state index < -0.39 is 11.7 Å². The van der Waals surface area contributed by atoms with Gasteiger partial charge in [-0.1, -0.05) is 18.7 Å². The Labute approximate surface area is 177 Å². The summed E-state index contributed by atoms with van der Waals surface area (Å²) in [7, 11) is 1.36. The monoisotopic (exact) mass is 412 g/mol. The van der Waals surface area contributed by atoms with Gasteiger partial charge in [0.15, 0.2) is 11.6 Å². The first kappa shape index (κ1) is 19.9. The summed E-state index contributed by atoms with van der Waals surface area (Å²) in [6, 6.07) is 14.4. The van der Waals surface area contributed by atoms with Crippen LogP contribution in [0.3, 0.4) is 0 Å². The van der Waals surface area contributed by atoms with Crippen molar-refractivity contribution in [1.29, 1.82) is 5.26 Å². The van der Waals surface area contributed by atoms with Crippen LogP contribution >= 0.6 is 0 Å². The predicted octanol–water partition coefficient (Wildman–Crippen LogP) is 5.04. The maximum Gasteiger partial charge on any atom is 0.247 e. The maximum absolute atomic E-state index is 14.6. The van der Waals surface area contributed by atoms with E-state index in [-0.39, 0.29) is 11.4 Å². The Hall–Kier alpha value is -4.44. The lowest BCUT2D eigenvalue weighted by atomic mass is 10.0. The quantitative estimate of drug-likeness (QED) is 0.449. The average Bonchev–Trinajstić information content (AvgIpc) is 3.23. The molecule has 2 N–H and O–H groups in total. The first-order chi connectivity index (χ1) is 15.0. The SMILES string of the molecule is C=CC(=O)Nc1cc(-c2cnc3[nH]cc(-c4cccc(C#N)c4)c3c2)cc(OC)c1F. The van der Waals surface area contributed by atoms with Crippen molar-refractivity contribution in [3.63, 3.8) is 0 Å². The molecule has 0 aliphatic rings. The number of nitrogens with zero attached hydrogens (tertiary/aromatic N) is 2. The van der Waals surface area contributed by atoms with E-state index in [4.69, 9.17) is 4.74 Å². The van der Waals surface area contributed by atoms with Crippen molar-refractivity contribution in [3.05, 3.63) is 78.9 Å². The number of aromatic amines is 1. The van der Waals surface area contributed by atoms with E-state index in [9.17, 15) is 14.4 Å². The topological polar surface area (TPSA) is 90.8 Å². The van der Waals surface area contributed by atoms with Crippen LogP contribution < -0.4 is 10.1 Å². The van der Waals surface area contributed by atoms with Gasteiger partial charge in [0.25, 0.3) is 0 Å². The van der Waals surface area contributed by atoms with E-state index in [1.54, 1.807) is 24.4 Å². The van der Waals surface area contributed by atoms with Gasteiger partial charge in [0.2, 0.25) is 5.91 Å². The van der Waals surface area contributed by atoms with Gasteiger partial charge < -0.3 is 15.0 Å². The summed E-state index contributed by atoms with van der Waals surface area (Å²) < 4.78 is 19.7. The molecule has 0 radical (unpaired) electrons. The Morgan fingerprint density at radius 1 is 1.26 bits per heavy atom. The number of methoxy groups -OCH3 is 1. The molecule has 31 heavy (non-hydrogen) atoms. The molecule has 4 aromatic rings. The normalized spacial score (nSPS) is 10.5. The molecule has 6 nitrogen and oxygen atoms in total. The molecule has 0 aliphatic heterocycles. The molecule has 0 saturated heterocycles. The Bertz CT molecular complexity index is 1370. The standard InChI is InChI=1S/C24H17FN4O2/c1-3-22(30)29-20-9-16(10-21(31-2)23(20)25)17-8-18-19(13-28-24(18)27-12-17)15-6-4-5-14(7-15)11-26/h3-10,12-13H,1H2,2H3,(H,27,28)(H,29,30). The molecule has 0 fully saturated rings. The summed E-state index contributed by atoms with van der Waals surface area (Å²) >= 11 is 0. The number of amides is 1. The van der Waals surface area contributed by atoms with Crippen LogP contribution in [-0.2, 0) is 4.79 Å². The number of benzene rings is 2. The number of carbonyl (C=O) groups is 1. The van der Waals surface area contributed by atoms with Crippen LogP contribution in [0.2, 0.25) is 0 Å².